The molecule has 2 aliphatic rings. The average molecular weight is 536 g/mol. The fourth-order valence-electron chi connectivity index (χ4n) is 4.55. The SMILES string of the molecule is C=NC(=N/C=C(\C)OCC1CCNCC1)c1cccc(Cn2cc(B3OC(C)(C)C(C)(C)O3)cc(F)c2=O)c1. The van der Waals surface area contributed by atoms with Gasteiger partial charge in [-0.15, -0.1) is 0 Å². The monoisotopic (exact) mass is 536 g/mol. The summed E-state index contributed by atoms with van der Waals surface area (Å²) >= 11 is 0. The van der Waals surface area contributed by atoms with Crippen LogP contribution in [0.4, 0.5) is 4.39 Å². The molecule has 10 heteroatoms. The largest absolute Gasteiger partial charge is 0.496 e. The minimum atomic E-state index is -0.863. The lowest BCUT2D eigenvalue weighted by atomic mass is 9.80. The van der Waals surface area contributed by atoms with Crippen LogP contribution in [0, 0.1) is 11.7 Å². The number of hydrogen-bond acceptors (Lipinski definition) is 6. The molecule has 1 aromatic heterocycles. The maximum atomic E-state index is 14.7. The summed E-state index contributed by atoms with van der Waals surface area (Å²) in [6, 6.07) is 8.61. The molecule has 0 aliphatic carbocycles. The van der Waals surface area contributed by atoms with Gasteiger partial charge in [-0.05, 0) is 90.9 Å². The van der Waals surface area contributed by atoms with Gasteiger partial charge in [0.05, 0.1) is 30.6 Å². The van der Waals surface area contributed by atoms with Gasteiger partial charge >= 0.3 is 7.12 Å². The van der Waals surface area contributed by atoms with Gasteiger partial charge in [-0.25, -0.2) is 14.4 Å². The number of pyridine rings is 1. The Bertz CT molecular complexity index is 1300. The number of ether oxygens (including phenoxy) is 1. The fraction of sp³-hybridized carbons (Fsp3) is 0.483. The molecule has 3 heterocycles. The second kappa shape index (κ2) is 12.0. The zero-order chi connectivity index (χ0) is 28.2. The van der Waals surface area contributed by atoms with Crippen LogP contribution in [0.25, 0.3) is 0 Å². The molecule has 2 aromatic rings. The molecule has 0 atom stereocenters. The van der Waals surface area contributed by atoms with E-state index in [1.165, 1.54) is 10.6 Å². The molecule has 1 aromatic carbocycles. The smallest absolute Gasteiger partial charge is 0.496 e. The standard InChI is InChI=1S/C29H38BFN4O4/c1-20(37-19-21-10-12-33-13-11-21)16-34-26(32-6)23-9-7-8-22(14-23)17-35-18-24(15-25(31)27(35)36)30-38-28(2,3)29(4,5)39-30/h7-9,14-16,18,21,33H,6,10-13,17,19H2,1-5H3/b20-16+,34-26?. The minimum Gasteiger partial charge on any atom is -0.496 e. The molecule has 8 nitrogen and oxygen atoms in total. The number of halogens is 1. The summed E-state index contributed by atoms with van der Waals surface area (Å²) in [5.41, 5.74) is 0.0621. The van der Waals surface area contributed by atoms with E-state index in [9.17, 15) is 9.18 Å². The third kappa shape index (κ3) is 6.93. The average Bonchev–Trinajstić information content (AvgIpc) is 3.13. The number of piperidine rings is 1. The summed E-state index contributed by atoms with van der Waals surface area (Å²) in [5.74, 6) is 0.806. The Morgan fingerprint density at radius 2 is 1.92 bits per heavy atom. The fourth-order valence-corrected chi connectivity index (χ4v) is 4.55. The van der Waals surface area contributed by atoms with E-state index in [-0.39, 0.29) is 6.54 Å². The maximum Gasteiger partial charge on any atom is 0.496 e. The van der Waals surface area contributed by atoms with Crippen molar-refractivity contribution in [1.82, 2.24) is 9.88 Å². The van der Waals surface area contributed by atoms with E-state index in [0.717, 1.165) is 37.1 Å². The van der Waals surface area contributed by atoms with Crippen molar-refractivity contribution in [2.75, 3.05) is 19.7 Å². The number of amidine groups is 1. The highest BCUT2D eigenvalue weighted by molar-refractivity contribution is 6.62. The summed E-state index contributed by atoms with van der Waals surface area (Å²) < 4.78 is 34.0. The quantitative estimate of drug-likeness (QED) is 0.241. The first-order valence-electron chi connectivity index (χ1n) is 13.4. The van der Waals surface area contributed by atoms with Crippen LogP contribution < -0.4 is 16.3 Å². The molecule has 0 unspecified atom stereocenters. The molecule has 2 fully saturated rings. The van der Waals surface area contributed by atoms with Gasteiger partial charge in [-0.2, -0.15) is 0 Å². The highest BCUT2D eigenvalue weighted by Gasteiger charge is 2.52. The molecule has 39 heavy (non-hydrogen) atoms. The van der Waals surface area contributed by atoms with E-state index in [1.807, 2.05) is 58.9 Å². The van der Waals surface area contributed by atoms with Crippen molar-refractivity contribution in [2.45, 2.75) is 65.2 Å². The van der Waals surface area contributed by atoms with Gasteiger partial charge in [0.25, 0.3) is 5.56 Å². The number of nitrogens with zero attached hydrogens (tertiary/aromatic N) is 3. The second-order valence-corrected chi connectivity index (χ2v) is 11.2. The molecule has 2 aliphatic heterocycles. The normalized spacial score (nSPS) is 19.8. The Morgan fingerprint density at radius 3 is 2.59 bits per heavy atom. The van der Waals surface area contributed by atoms with Crippen LogP contribution >= 0.6 is 0 Å². The van der Waals surface area contributed by atoms with Crippen molar-refractivity contribution in [1.29, 1.82) is 0 Å². The summed E-state index contributed by atoms with van der Waals surface area (Å²) in [7, 11) is -0.779. The number of rotatable bonds is 8. The van der Waals surface area contributed by atoms with Crippen molar-refractivity contribution < 1.29 is 18.4 Å². The van der Waals surface area contributed by atoms with Gasteiger partial charge in [-0.3, -0.25) is 4.79 Å². The van der Waals surface area contributed by atoms with Crippen molar-refractivity contribution in [3.63, 3.8) is 0 Å². The summed E-state index contributed by atoms with van der Waals surface area (Å²) in [5, 5.41) is 3.35. The third-order valence-electron chi connectivity index (χ3n) is 7.65. The molecule has 0 amide bonds. The highest BCUT2D eigenvalue weighted by atomic mass is 19.1. The predicted octanol–water partition coefficient (Wildman–Crippen LogP) is 3.66. The number of hydrogen-bond donors (Lipinski definition) is 1. The Kier molecular flexibility index (Phi) is 8.88. The molecule has 0 spiro atoms. The number of aromatic nitrogens is 1. The van der Waals surface area contributed by atoms with Gasteiger partial charge in [0.15, 0.2) is 11.7 Å². The van der Waals surface area contributed by atoms with E-state index in [4.69, 9.17) is 14.0 Å². The number of nitrogens with one attached hydrogen (secondary N) is 1. The highest BCUT2D eigenvalue weighted by Crippen LogP contribution is 2.36. The zero-order valence-electron chi connectivity index (χ0n) is 23.5. The van der Waals surface area contributed by atoms with Crippen molar-refractivity contribution >= 4 is 25.1 Å². The molecular formula is C29H38BFN4O4. The number of benzene rings is 1. The van der Waals surface area contributed by atoms with Gasteiger partial charge in [-0.1, -0.05) is 18.2 Å². The van der Waals surface area contributed by atoms with Gasteiger partial charge in [0, 0.05) is 17.2 Å². The van der Waals surface area contributed by atoms with Crippen molar-refractivity contribution in [3.05, 3.63) is 75.8 Å². The third-order valence-corrected chi connectivity index (χ3v) is 7.65. The van der Waals surface area contributed by atoms with E-state index in [1.54, 1.807) is 12.4 Å². The van der Waals surface area contributed by atoms with Gasteiger partial charge < -0.3 is 23.9 Å². The van der Waals surface area contributed by atoms with Crippen molar-refractivity contribution in [2.24, 2.45) is 15.9 Å². The van der Waals surface area contributed by atoms with Gasteiger partial charge in [0.2, 0.25) is 0 Å². The zero-order valence-corrected chi connectivity index (χ0v) is 23.5. The van der Waals surface area contributed by atoms with Crippen LogP contribution in [0.15, 0.2) is 63.3 Å². The van der Waals surface area contributed by atoms with Crippen LogP contribution in [0.1, 0.15) is 58.6 Å². The molecule has 2 saturated heterocycles. The van der Waals surface area contributed by atoms with Crippen LogP contribution in [-0.2, 0) is 20.6 Å². The Labute approximate surface area is 230 Å². The van der Waals surface area contributed by atoms with E-state index >= 15 is 0 Å². The lowest BCUT2D eigenvalue weighted by Crippen LogP contribution is -2.41. The lowest BCUT2D eigenvalue weighted by molar-refractivity contribution is 0.00578. The summed E-state index contributed by atoms with van der Waals surface area (Å²) in [6.45, 7) is 16.1. The molecule has 0 saturated carbocycles. The molecule has 4 rings (SSSR count). The predicted molar refractivity (Wildman–Crippen MR) is 153 cm³/mol. The summed E-state index contributed by atoms with van der Waals surface area (Å²) in [6.07, 6.45) is 5.45. The van der Waals surface area contributed by atoms with Crippen LogP contribution in [0.2, 0.25) is 0 Å². The first-order chi connectivity index (χ1) is 18.5. The molecular weight excluding hydrogens is 498 g/mol. The molecule has 208 valence electrons. The molecule has 1 N–H and O–H groups in total. The first kappa shape index (κ1) is 28.9. The van der Waals surface area contributed by atoms with Crippen molar-refractivity contribution in [3.8, 4) is 0 Å². The van der Waals surface area contributed by atoms with Crippen LogP contribution in [0.5, 0.6) is 0 Å². The van der Waals surface area contributed by atoms with E-state index in [2.05, 4.69) is 22.0 Å². The number of aliphatic imine (C=N–C) groups is 2. The van der Waals surface area contributed by atoms with E-state index < -0.39 is 29.7 Å². The minimum absolute atomic E-state index is 0.148. The summed E-state index contributed by atoms with van der Waals surface area (Å²) in [4.78, 5) is 21.2. The molecule has 0 bridgehead atoms. The second-order valence-electron chi connectivity index (χ2n) is 11.2. The van der Waals surface area contributed by atoms with Crippen LogP contribution in [0.3, 0.4) is 0 Å². The van der Waals surface area contributed by atoms with Gasteiger partial charge in [0.1, 0.15) is 5.76 Å². The first-order valence-corrected chi connectivity index (χ1v) is 13.4. The Balaban J connectivity index is 1.50. The van der Waals surface area contributed by atoms with Crippen LogP contribution in [-0.4, -0.2) is 55.1 Å². The maximum absolute atomic E-state index is 14.7. The lowest BCUT2D eigenvalue weighted by Gasteiger charge is -2.32. The molecule has 0 radical (unpaired) electrons. The Morgan fingerprint density at radius 1 is 1.23 bits per heavy atom. The number of allylic oxidation sites excluding steroid dienone is 1. The topological polar surface area (TPSA) is 86.4 Å². The Hall–Kier alpha value is -3.08. The van der Waals surface area contributed by atoms with E-state index in [0.29, 0.717) is 29.6 Å².